The van der Waals surface area contributed by atoms with Gasteiger partial charge in [-0.25, -0.2) is 17.9 Å². The molecule has 138 valence electrons. The van der Waals surface area contributed by atoms with Crippen LogP contribution in [0.1, 0.15) is 18.4 Å². The average Bonchev–Trinajstić information content (AvgIpc) is 3.41. The van der Waals surface area contributed by atoms with Crippen LogP contribution in [0.4, 0.5) is 10.1 Å². The first-order valence-corrected chi connectivity index (χ1v) is 9.78. The number of benzene rings is 2. The van der Waals surface area contributed by atoms with Crippen molar-refractivity contribution in [3.8, 4) is 0 Å². The van der Waals surface area contributed by atoms with Gasteiger partial charge in [-0.1, -0.05) is 18.2 Å². The predicted molar refractivity (Wildman–Crippen MR) is 96.3 cm³/mol. The Morgan fingerprint density at radius 2 is 1.81 bits per heavy atom. The molecule has 2 aromatic carbocycles. The van der Waals surface area contributed by atoms with E-state index in [2.05, 4.69) is 5.32 Å². The van der Waals surface area contributed by atoms with Crippen molar-refractivity contribution in [1.82, 2.24) is 4.90 Å². The van der Waals surface area contributed by atoms with Crippen LogP contribution in [0.15, 0.2) is 53.4 Å². The van der Waals surface area contributed by atoms with Gasteiger partial charge in [0.05, 0.1) is 11.4 Å². The molecule has 6 nitrogen and oxygen atoms in total. The summed E-state index contributed by atoms with van der Waals surface area (Å²) < 4.78 is 36.4. The number of hydrogen-bond donors (Lipinski definition) is 2. The third kappa shape index (κ3) is 4.87. The minimum atomic E-state index is -3.77. The number of sulfonamides is 1. The van der Waals surface area contributed by atoms with Crippen LogP contribution in [-0.2, 0) is 21.4 Å². The van der Waals surface area contributed by atoms with E-state index in [4.69, 9.17) is 5.14 Å². The van der Waals surface area contributed by atoms with Gasteiger partial charge >= 0.3 is 0 Å². The lowest BCUT2D eigenvalue weighted by molar-refractivity contribution is -0.117. The van der Waals surface area contributed by atoms with Gasteiger partial charge in [-0.05, 0) is 43.2 Å². The van der Waals surface area contributed by atoms with Crippen LogP contribution in [0.2, 0.25) is 0 Å². The normalized spacial score (nSPS) is 14.4. The summed E-state index contributed by atoms with van der Waals surface area (Å²) in [6.07, 6.45) is 1.98. The monoisotopic (exact) mass is 377 g/mol. The molecule has 0 atom stereocenters. The summed E-state index contributed by atoms with van der Waals surface area (Å²) in [6, 6.07) is 12.5. The number of anilines is 1. The maximum absolute atomic E-state index is 13.9. The molecule has 26 heavy (non-hydrogen) atoms. The van der Waals surface area contributed by atoms with E-state index in [1.807, 2.05) is 4.90 Å². The number of amides is 1. The zero-order chi connectivity index (χ0) is 18.7. The summed E-state index contributed by atoms with van der Waals surface area (Å²) in [5.41, 5.74) is 1.04. The van der Waals surface area contributed by atoms with Crippen molar-refractivity contribution in [1.29, 1.82) is 0 Å². The van der Waals surface area contributed by atoms with Gasteiger partial charge in [0.2, 0.25) is 15.9 Å². The fraction of sp³-hybridized carbons (Fsp3) is 0.278. The lowest BCUT2D eigenvalue weighted by Crippen LogP contribution is -2.34. The maximum Gasteiger partial charge on any atom is 0.238 e. The van der Waals surface area contributed by atoms with Crippen molar-refractivity contribution >= 4 is 21.6 Å². The van der Waals surface area contributed by atoms with E-state index >= 15 is 0 Å². The zero-order valence-corrected chi connectivity index (χ0v) is 14.9. The summed E-state index contributed by atoms with van der Waals surface area (Å²) in [5.74, 6) is -0.520. The summed E-state index contributed by atoms with van der Waals surface area (Å²) in [4.78, 5) is 14.3. The molecule has 0 spiro atoms. The molecule has 3 rings (SSSR count). The fourth-order valence-electron chi connectivity index (χ4n) is 2.71. The number of carbonyl (C=O) groups excluding carboxylic acids is 1. The molecule has 1 aliphatic rings. The van der Waals surface area contributed by atoms with E-state index in [1.165, 1.54) is 30.3 Å². The van der Waals surface area contributed by atoms with Gasteiger partial charge in [0.25, 0.3) is 0 Å². The van der Waals surface area contributed by atoms with Crippen molar-refractivity contribution in [3.05, 3.63) is 59.9 Å². The Bertz CT molecular complexity index is 896. The second-order valence-electron chi connectivity index (χ2n) is 6.35. The molecule has 0 heterocycles. The highest BCUT2D eigenvalue weighted by Crippen LogP contribution is 2.28. The topological polar surface area (TPSA) is 92.5 Å². The van der Waals surface area contributed by atoms with E-state index in [-0.39, 0.29) is 29.2 Å². The summed E-state index contributed by atoms with van der Waals surface area (Å²) in [6.45, 7) is 0.505. The average molecular weight is 377 g/mol. The van der Waals surface area contributed by atoms with Gasteiger partial charge in [-0.3, -0.25) is 9.69 Å². The van der Waals surface area contributed by atoms with Gasteiger partial charge < -0.3 is 5.32 Å². The van der Waals surface area contributed by atoms with Crippen molar-refractivity contribution in [2.45, 2.75) is 30.3 Å². The third-order valence-corrected chi connectivity index (χ3v) is 5.14. The van der Waals surface area contributed by atoms with Crippen LogP contribution in [0.5, 0.6) is 0 Å². The van der Waals surface area contributed by atoms with Gasteiger partial charge in [0.1, 0.15) is 5.82 Å². The molecule has 8 heteroatoms. The second-order valence-corrected chi connectivity index (χ2v) is 7.91. The molecule has 0 bridgehead atoms. The molecule has 2 aromatic rings. The summed E-state index contributed by atoms with van der Waals surface area (Å²) >= 11 is 0. The Morgan fingerprint density at radius 1 is 1.15 bits per heavy atom. The largest absolute Gasteiger partial charge is 0.325 e. The number of nitrogens with zero attached hydrogens (tertiary/aromatic N) is 1. The first-order chi connectivity index (χ1) is 12.3. The molecule has 1 amide bonds. The summed E-state index contributed by atoms with van der Waals surface area (Å²) in [5, 5.41) is 7.77. The maximum atomic E-state index is 13.9. The van der Waals surface area contributed by atoms with E-state index < -0.39 is 10.0 Å². The lowest BCUT2D eigenvalue weighted by atomic mass is 10.2. The van der Waals surface area contributed by atoms with Gasteiger partial charge in [-0.2, -0.15) is 0 Å². The number of halogens is 1. The summed E-state index contributed by atoms with van der Waals surface area (Å²) in [7, 11) is -3.77. The van der Waals surface area contributed by atoms with Crippen LogP contribution < -0.4 is 10.5 Å². The number of hydrogen-bond acceptors (Lipinski definition) is 4. The van der Waals surface area contributed by atoms with Crippen molar-refractivity contribution in [3.63, 3.8) is 0 Å². The first-order valence-electron chi connectivity index (χ1n) is 8.23. The Morgan fingerprint density at radius 3 is 2.38 bits per heavy atom. The standard InChI is InChI=1S/C18H20FN3O3S/c19-17-4-2-1-3-13(17)11-22(15-7-8-15)12-18(23)21-14-5-9-16(10-6-14)26(20,24)25/h1-6,9-10,15H,7-8,11-12H2,(H,21,23)(H2,20,24,25). The minimum absolute atomic E-state index is 0.0188. The second kappa shape index (κ2) is 7.53. The Balaban J connectivity index is 1.63. The molecule has 0 aromatic heterocycles. The molecular formula is C18H20FN3O3S. The van der Waals surface area contributed by atoms with Crippen LogP contribution in [-0.4, -0.2) is 31.8 Å². The SMILES string of the molecule is NS(=O)(=O)c1ccc(NC(=O)CN(Cc2ccccc2F)C2CC2)cc1. The molecule has 1 aliphatic carbocycles. The molecule has 1 saturated carbocycles. The van der Waals surface area contributed by atoms with Crippen LogP contribution in [0.25, 0.3) is 0 Å². The van der Waals surface area contributed by atoms with Crippen molar-refractivity contribution < 1.29 is 17.6 Å². The molecule has 1 fully saturated rings. The number of nitrogens with one attached hydrogen (secondary N) is 1. The highest BCUT2D eigenvalue weighted by atomic mass is 32.2. The van der Waals surface area contributed by atoms with Crippen molar-refractivity contribution in [2.24, 2.45) is 5.14 Å². The Hall–Kier alpha value is -2.29. The zero-order valence-electron chi connectivity index (χ0n) is 14.1. The molecule has 0 unspecified atom stereocenters. The lowest BCUT2D eigenvalue weighted by Gasteiger charge is -2.21. The predicted octanol–water partition coefficient (Wildman–Crippen LogP) is 2.08. The molecule has 0 aliphatic heterocycles. The van der Waals surface area contributed by atoms with E-state index in [0.29, 0.717) is 17.8 Å². The number of rotatable bonds is 7. The van der Waals surface area contributed by atoms with Crippen molar-refractivity contribution in [2.75, 3.05) is 11.9 Å². The third-order valence-electron chi connectivity index (χ3n) is 4.21. The van der Waals surface area contributed by atoms with Crippen LogP contribution >= 0.6 is 0 Å². The van der Waals surface area contributed by atoms with E-state index in [0.717, 1.165) is 12.8 Å². The molecule has 0 saturated heterocycles. The number of carbonyl (C=O) groups is 1. The van der Waals surface area contributed by atoms with E-state index in [9.17, 15) is 17.6 Å². The first kappa shape index (κ1) is 18.5. The molecule has 0 radical (unpaired) electrons. The highest BCUT2D eigenvalue weighted by molar-refractivity contribution is 7.89. The Labute approximate surface area is 151 Å². The van der Waals surface area contributed by atoms with Crippen LogP contribution in [0.3, 0.4) is 0 Å². The minimum Gasteiger partial charge on any atom is -0.325 e. The number of nitrogens with two attached hydrogens (primary N) is 1. The van der Waals surface area contributed by atoms with E-state index in [1.54, 1.807) is 18.2 Å². The quantitative estimate of drug-likeness (QED) is 0.773. The van der Waals surface area contributed by atoms with Gasteiger partial charge in [0, 0.05) is 23.8 Å². The van der Waals surface area contributed by atoms with Gasteiger partial charge in [-0.15, -0.1) is 0 Å². The smallest absolute Gasteiger partial charge is 0.238 e. The highest BCUT2D eigenvalue weighted by Gasteiger charge is 2.30. The van der Waals surface area contributed by atoms with Crippen LogP contribution in [0, 0.1) is 5.82 Å². The molecular weight excluding hydrogens is 357 g/mol. The molecule has 3 N–H and O–H groups in total. The Kier molecular flexibility index (Phi) is 5.36. The number of primary sulfonamides is 1. The fourth-order valence-corrected chi connectivity index (χ4v) is 3.23. The van der Waals surface area contributed by atoms with Gasteiger partial charge in [0.15, 0.2) is 0 Å².